The molecule has 2 aliphatic heterocycles. The highest BCUT2D eigenvalue weighted by Gasteiger charge is 2.29. The van der Waals surface area contributed by atoms with Crippen LogP contribution in [-0.2, 0) is 11.3 Å². The van der Waals surface area contributed by atoms with Crippen molar-refractivity contribution in [3.63, 3.8) is 0 Å². The van der Waals surface area contributed by atoms with Crippen LogP contribution in [0.4, 0.5) is 11.4 Å². The molecule has 0 spiro atoms. The molecule has 7 heteroatoms. The summed E-state index contributed by atoms with van der Waals surface area (Å²) in [4.78, 5) is 15.2. The zero-order valence-corrected chi connectivity index (χ0v) is 18.9. The van der Waals surface area contributed by atoms with Crippen molar-refractivity contribution in [3.05, 3.63) is 94.9 Å². The van der Waals surface area contributed by atoms with Crippen LogP contribution < -0.4 is 20.1 Å². The van der Waals surface area contributed by atoms with Crippen LogP contribution in [0.1, 0.15) is 16.7 Å². The number of ether oxygens (including phenoxy) is 2. The van der Waals surface area contributed by atoms with Crippen molar-refractivity contribution in [2.75, 3.05) is 24.7 Å². The first-order chi connectivity index (χ1) is 16.0. The number of anilines is 2. The first kappa shape index (κ1) is 21.1. The molecule has 3 aromatic carbocycles. The van der Waals surface area contributed by atoms with Gasteiger partial charge in [-0.1, -0.05) is 29.8 Å². The van der Waals surface area contributed by atoms with Crippen molar-refractivity contribution in [1.82, 2.24) is 4.90 Å². The monoisotopic (exact) mass is 459 g/mol. The molecule has 0 fully saturated rings. The van der Waals surface area contributed by atoms with Crippen LogP contribution >= 0.6 is 11.6 Å². The highest BCUT2D eigenvalue weighted by molar-refractivity contribution is 6.38. The summed E-state index contributed by atoms with van der Waals surface area (Å²) in [5.41, 5.74) is 5.52. The second-order valence-corrected chi connectivity index (χ2v) is 8.56. The number of nitrogens with one attached hydrogen (secondary N) is 2. The number of hydrogen-bond donors (Lipinski definition) is 2. The average Bonchev–Trinajstić information content (AvgIpc) is 3.12. The smallest absolute Gasteiger partial charge is 0.258 e. The minimum Gasteiger partial charge on any atom is -0.458 e. The van der Waals surface area contributed by atoms with Crippen molar-refractivity contribution in [2.45, 2.75) is 6.54 Å². The summed E-state index contributed by atoms with van der Waals surface area (Å²) in [5.74, 6) is 0.987. The van der Waals surface area contributed by atoms with Gasteiger partial charge < -0.3 is 25.0 Å². The summed E-state index contributed by atoms with van der Waals surface area (Å²) in [6.45, 7) is 0.848. The molecule has 0 bridgehead atoms. The molecule has 2 aliphatic rings. The standard InChI is InChI=1S/C26H22ClN3O3/c1-30(2)15-16-3-7-19(8-4-16)28-25(17-5-10-22-23(13-17)33-12-11-32-22)24-20-9-6-18(27)14-21(20)29-26(24)31/h3-14,28H,15H2,1-2H3,(H,29,31). The van der Waals surface area contributed by atoms with Gasteiger partial charge in [0.25, 0.3) is 5.91 Å². The quantitative estimate of drug-likeness (QED) is 0.488. The number of halogens is 1. The molecule has 0 saturated heterocycles. The molecule has 0 saturated carbocycles. The largest absolute Gasteiger partial charge is 0.458 e. The number of rotatable bonds is 5. The Morgan fingerprint density at radius 2 is 1.73 bits per heavy atom. The predicted octanol–water partition coefficient (Wildman–Crippen LogP) is 5.58. The lowest BCUT2D eigenvalue weighted by molar-refractivity contribution is -0.110. The molecule has 0 aromatic heterocycles. The summed E-state index contributed by atoms with van der Waals surface area (Å²) >= 11 is 6.15. The Morgan fingerprint density at radius 3 is 2.48 bits per heavy atom. The van der Waals surface area contributed by atoms with Gasteiger partial charge in [0.1, 0.15) is 12.5 Å². The van der Waals surface area contributed by atoms with Gasteiger partial charge in [-0.3, -0.25) is 4.79 Å². The molecule has 0 atom stereocenters. The molecule has 0 unspecified atom stereocenters. The number of carbonyl (C=O) groups excluding carboxylic acids is 1. The van der Waals surface area contributed by atoms with Crippen LogP contribution in [0.2, 0.25) is 5.02 Å². The topological polar surface area (TPSA) is 62.8 Å². The fourth-order valence-corrected chi connectivity index (χ4v) is 4.10. The van der Waals surface area contributed by atoms with E-state index < -0.39 is 0 Å². The lowest BCUT2D eigenvalue weighted by Crippen LogP contribution is -2.11. The Bertz CT molecular complexity index is 1300. The number of hydrogen-bond acceptors (Lipinski definition) is 5. The molecule has 2 heterocycles. The first-order valence-corrected chi connectivity index (χ1v) is 10.8. The summed E-state index contributed by atoms with van der Waals surface area (Å²) < 4.78 is 11.1. The Morgan fingerprint density at radius 1 is 0.970 bits per heavy atom. The van der Waals surface area contributed by atoms with Crippen molar-refractivity contribution >= 4 is 40.2 Å². The van der Waals surface area contributed by atoms with E-state index in [0.717, 1.165) is 23.4 Å². The summed E-state index contributed by atoms with van der Waals surface area (Å²) in [5, 5.41) is 6.95. The third-order valence-corrected chi connectivity index (χ3v) is 5.61. The fourth-order valence-electron chi connectivity index (χ4n) is 3.93. The van der Waals surface area contributed by atoms with E-state index in [9.17, 15) is 4.79 Å². The number of amides is 1. The molecule has 2 N–H and O–H groups in total. The van der Waals surface area contributed by atoms with Crippen LogP contribution in [0.3, 0.4) is 0 Å². The normalized spacial score (nSPS) is 15.3. The number of nitrogens with zero attached hydrogens (tertiary/aromatic N) is 1. The second-order valence-electron chi connectivity index (χ2n) is 8.12. The highest BCUT2D eigenvalue weighted by atomic mass is 35.5. The van der Waals surface area contributed by atoms with Crippen LogP contribution in [0.5, 0.6) is 11.5 Å². The Hall–Kier alpha value is -3.74. The average molecular weight is 460 g/mol. The van der Waals surface area contributed by atoms with Gasteiger partial charge in [0.2, 0.25) is 0 Å². The molecule has 6 nitrogen and oxygen atoms in total. The van der Waals surface area contributed by atoms with Crippen molar-refractivity contribution in [2.24, 2.45) is 0 Å². The van der Waals surface area contributed by atoms with Gasteiger partial charge in [0.05, 0.1) is 17.0 Å². The van der Waals surface area contributed by atoms with E-state index in [4.69, 9.17) is 21.1 Å². The number of fused-ring (bicyclic) bond motifs is 2. The van der Waals surface area contributed by atoms with E-state index in [-0.39, 0.29) is 5.91 Å². The number of benzene rings is 3. The van der Waals surface area contributed by atoms with E-state index in [1.165, 1.54) is 18.1 Å². The van der Waals surface area contributed by atoms with Crippen LogP contribution in [0.25, 0.3) is 11.3 Å². The van der Waals surface area contributed by atoms with Crippen molar-refractivity contribution in [3.8, 4) is 11.5 Å². The summed E-state index contributed by atoms with van der Waals surface area (Å²) in [6, 6.07) is 19.1. The van der Waals surface area contributed by atoms with Crippen LogP contribution in [0, 0.1) is 0 Å². The molecule has 0 radical (unpaired) electrons. The highest BCUT2D eigenvalue weighted by Crippen LogP contribution is 2.41. The minimum absolute atomic E-state index is 0.200. The Kier molecular flexibility index (Phi) is 5.54. The summed E-state index contributed by atoms with van der Waals surface area (Å²) in [6.07, 6.45) is 2.97. The van der Waals surface area contributed by atoms with E-state index in [2.05, 4.69) is 27.7 Å². The minimum atomic E-state index is -0.200. The molecule has 1 amide bonds. The molecular weight excluding hydrogens is 438 g/mol. The van der Waals surface area contributed by atoms with Crippen molar-refractivity contribution in [1.29, 1.82) is 0 Å². The third-order valence-electron chi connectivity index (χ3n) is 5.38. The summed E-state index contributed by atoms with van der Waals surface area (Å²) in [7, 11) is 4.07. The Balaban J connectivity index is 1.61. The van der Waals surface area contributed by atoms with Gasteiger partial charge in [0, 0.05) is 28.4 Å². The lowest BCUT2D eigenvalue weighted by Gasteiger charge is -2.18. The molecular formula is C26H22ClN3O3. The third kappa shape index (κ3) is 4.31. The van der Waals surface area contributed by atoms with E-state index in [1.54, 1.807) is 12.1 Å². The van der Waals surface area contributed by atoms with E-state index >= 15 is 0 Å². The fraction of sp³-hybridized carbons (Fsp3) is 0.115. The van der Waals surface area contributed by atoms with Crippen LogP contribution in [0.15, 0.2) is 73.2 Å². The number of carbonyl (C=O) groups is 1. The molecule has 5 rings (SSSR count). The zero-order chi connectivity index (χ0) is 22.9. The Labute approximate surface area is 197 Å². The van der Waals surface area contributed by atoms with Gasteiger partial charge in [-0.25, -0.2) is 0 Å². The maximum atomic E-state index is 13.1. The van der Waals surface area contributed by atoms with Gasteiger partial charge in [0.15, 0.2) is 11.5 Å². The van der Waals surface area contributed by atoms with Gasteiger partial charge >= 0.3 is 0 Å². The lowest BCUT2D eigenvalue weighted by atomic mass is 9.99. The SMILES string of the molecule is CN(C)Cc1ccc(NC(=C2C(=O)Nc3cc(Cl)ccc32)c2ccc3c(c2)OC=CO3)cc1. The van der Waals surface area contributed by atoms with Gasteiger partial charge in [-0.15, -0.1) is 0 Å². The molecule has 33 heavy (non-hydrogen) atoms. The van der Waals surface area contributed by atoms with Crippen LogP contribution in [-0.4, -0.2) is 24.9 Å². The maximum Gasteiger partial charge on any atom is 0.258 e. The second kappa shape index (κ2) is 8.65. The van der Waals surface area contributed by atoms with Crippen molar-refractivity contribution < 1.29 is 14.3 Å². The molecule has 166 valence electrons. The maximum absolute atomic E-state index is 13.1. The zero-order valence-electron chi connectivity index (χ0n) is 18.2. The molecule has 3 aromatic rings. The van der Waals surface area contributed by atoms with E-state index in [1.807, 2.05) is 50.5 Å². The molecule has 0 aliphatic carbocycles. The predicted molar refractivity (Wildman–Crippen MR) is 131 cm³/mol. The first-order valence-electron chi connectivity index (χ1n) is 10.5. The van der Waals surface area contributed by atoms with Gasteiger partial charge in [-0.2, -0.15) is 0 Å². The van der Waals surface area contributed by atoms with Gasteiger partial charge in [-0.05, 0) is 62.1 Å². The van der Waals surface area contributed by atoms with E-state index in [0.29, 0.717) is 33.5 Å².